The van der Waals surface area contributed by atoms with Gasteiger partial charge in [0.1, 0.15) is 12.1 Å². The van der Waals surface area contributed by atoms with Crippen LogP contribution >= 0.6 is 0 Å². The second-order valence-electron chi connectivity index (χ2n) is 7.49. The number of piperidine rings is 1. The monoisotopic (exact) mass is 380 g/mol. The number of hydrogen-bond donors (Lipinski definition) is 2. The normalized spacial score (nSPS) is 22.7. The lowest BCUT2D eigenvalue weighted by Gasteiger charge is -2.32. The number of amides is 5. The molecule has 2 heterocycles. The first-order valence-corrected chi connectivity index (χ1v) is 9.80. The van der Waals surface area contributed by atoms with Gasteiger partial charge in [-0.3, -0.25) is 14.5 Å². The second-order valence-corrected chi connectivity index (χ2v) is 7.49. The van der Waals surface area contributed by atoms with Crippen LogP contribution in [0.2, 0.25) is 0 Å². The van der Waals surface area contributed by atoms with Gasteiger partial charge in [0.15, 0.2) is 0 Å². The minimum absolute atomic E-state index is 0.0763. The summed E-state index contributed by atoms with van der Waals surface area (Å²) in [4.78, 5) is 51.6. The number of likely N-dealkylation sites (tertiary alicyclic amines) is 1. The van der Waals surface area contributed by atoms with Crippen LogP contribution in [0.1, 0.15) is 51.9 Å². The Morgan fingerprint density at radius 2 is 1.85 bits per heavy atom. The van der Waals surface area contributed by atoms with Gasteiger partial charge in [0, 0.05) is 19.1 Å². The molecule has 0 aromatic carbocycles. The Labute approximate surface area is 158 Å². The Bertz CT molecular complexity index is 609. The molecule has 2 N–H and O–H groups in total. The molecule has 2 aliphatic heterocycles. The molecule has 1 saturated carbocycles. The summed E-state index contributed by atoms with van der Waals surface area (Å²) in [7, 11) is 0. The van der Waals surface area contributed by atoms with Crippen LogP contribution < -0.4 is 10.6 Å². The van der Waals surface area contributed by atoms with Crippen molar-refractivity contribution in [2.75, 3.05) is 26.2 Å². The first kappa shape index (κ1) is 19.4. The van der Waals surface area contributed by atoms with E-state index in [1.807, 2.05) is 0 Å². The molecule has 0 unspecified atom stereocenters. The predicted molar refractivity (Wildman–Crippen MR) is 95.8 cm³/mol. The van der Waals surface area contributed by atoms with Gasteiger partial charge < -0.3 is 20.3 Å². The lowest BCUT2D eigenvalue weighted by atomic mass is 9.82. The fourth-order valence-corrected chi connectivity index (χ4v) is 4.15. The Hall–Kier alpha value is -2.32. The molecule has 3 rings (SSSR count). The number of nitrogens with zero attached hydrogens (tertiary/aromatic N) is 2. The number of carbonyl (C=O) groups excluding carboxylic acids is 4. The van der Waals surface area contributed by atoms with E-state index in [1.165, 1.54) is 0 Å². The quantitative estimate of drug-likeness (QED) is 0.707. The van der Waals surface area contributed by atoms with Crippen molar-refractivity contribution in [1.29, 1.82) is 0 Å². The first-order valence-electron chi connectivity index (χ1n) is 9.80. The number of hydrogen-bond acceptors (Lipinski definition) is 5. The number of carbonyl (C=O) groups is 4. The Morgan fingerprint density at radius 3 is 2.48 bits per heavy atom. The molecule has 3 fully saturated rings. The first-order chi connectivity index (χ1) is 12.9. The molecule has 0 radical (unpaired) electrons. The van der Waals surface area contributed by atoms with E-state index in [-0.39, 0.29) is 30.5 Å². The molecule has 0 bridgehead atoms. The molecule has 0 atom stereocenters. The van der Waals surface area contributed by atoms with Crippen molar-refractivity contribution in [3.63, 3.8) is 0 Å². The van der Waals surface area contributed by atoms with Gasteiger partial charge in [-0.25, -0.2) is 9.59 Å². The Morgan fingerprint density at radius 1 is 1.19 bits per heavy atom. The van der Waals surface area contributed by atoms with Crippen molar-refractivity contribution in [2.45, 2.75) is 63.5 Å². The van der Waals surface area contributed by atoms with Crippen molar-refractivity contribution in [1.82, 2.24) is 20.4 Å². The van der Waals surface area contributed by atoms with Crippen molar-refractivity contribution in [3.8, 4) is 0 Å². The van der Waals surface area contributed by atoms with Crippen LogP contribution in [0.25, 0.3) is 0 Å². The molecule has 2 saturated heterocycles. The van der Waals surface area contributed by atoms with Crippen LogP contribution in [0.15, 0.2) is 0 Å². The predicted octanol–water partition coefficient (Wildman–Crippen LogP) is 0.978. The maximum Gasteiger partial charge on any atom is 0.409 e. The zero-order valence-corrected chi connectivity index (χ0v) is 15.8. The van der Waals surface area contributed by atoms with Gasteiger partial charge in [-0.05, 0) is 32.6 Å². The molecule has 1 aliphatic carbocycles. The third-order valence-electron chi connectivity index (χ3n) is 5.64. The summed E-state index contributed by atoms with van der Waals surface area (Å²) in [5.74, 6) is -0.625. The summed E-state index contributed by atoms with van der Waals surface area (Å²) < 4.78 is 4.98. The summed E-state index contributed by atoms with van der Waals surface area (Å²) in [6.07, 6.45) is 5.07. The zero-order valence-electron chi connectivity index (χ0n) is 15.8. The summed E-state index contributed by atoms with van der Waals surface area (Å²) in [6, 6.07) is -0.554. The maximum absolute atomic E-state index is 12.7. The van der Waals surface area contributed by atoms with Crippen molar-refractivity contribution in [3.05, 3.63) is 0 Å². The highest BCUT2D eigenvalue weighted by atomic mass is 16.6. The van der Waals surface area contributed by atoms with Gasteiger partial charge >= 0.3 is 12.1 Å². The van der Waals surface area contributed by atoms with Crippen molar-refractivity contribution < 1.29 is 23.9 Å². The number of rotatable bonds is 4. The summed E-state index contributed by atoms with van der Waals surface area (Å²) in [6.45, 7) is 2.86. The van der Waals surface area contributed by atoms with Crippen LogP contribution in [-0.2, 0) is 14.3 Å². The molecule has 9 heteroatoms. The van der Waals surface area contributed by atoms with Crippen molar-refractivity contribution in [2.24, 2.45) is 0 Å². The van der Waals surface area contributed by atoms with E-state index in [4.69, 9.17) is 4.74 Å². The van der Waals surface area contributed by atoms with Gasteiger partial charge in [-0.15, -0.1) is 0 Å². The minimum Gasteiger partial charge on any atom is -0.450 e. The molecule has 0 aromatic rings. The van der Waals surface area contributed by atoms with Gasteiger partial charge in [-0.2, -0.15) is 0 Å². The second kappa shape index (κ2) is 8.14. The molecule has 27 heavy (non-hydrogen) atoms. The molecular formula is C18H28N4O5. The fraction of sp³-hybridized carbons (Fsp3) is 0.778. The smallest absolute Gasteiger partial charge is 0.409 e. The summed E-state index contributed by atoms with van der Waals surface area (Å²) >= 11 is 0. The minimum atomic E-state index is -0.805. The number of urea groups is 1. The van der Waals surface area contributed by atoms with E-state index in [9.17, 15) is 19.2 Å². The van der Waals surface area contributed by atoms with Crippen molar-refractivity contribution >= 4 is 23.9 Å². The number of imide groups is 1. The van der Waals surface area contributed by atoms with E-state index in [0.29, 0.717) is 45.4 Å². The van der Waals surface area contributed by atoms with E-state index in [1.54, 1.807) is 11.8 Å². The highest BCUT2D eigenvalue weighted by molar-refractivity contribution is 6.09. The third-order valence-corrected chi connectivity index (χ3v) is 5.64. The van der Waals surface area contributed by atoms with Gasteiger partial charge in [0.2, 0.25) is 5.91 Å². The lowest BCUT2D eigenvalue weighted by Crippen LogP contribution is -2.50. The van der Waals surface area contributed by atoms with Crippen LogP contribution in [0.3, 0.4) is 0 Å². The van der Waals surface area contributed by atoms with Gasteiger partial charge in [0.25, 0.3) is 5.91 Å². The maximum atomic E-state index is 12.7. The topological polar surface area (TPSA) is 108 Å². The molecule has 0 aromatic heterocycles. The third kappa shape index (κ3) is 4.17. The SMILES string of the molecule is CCOC(=O)N1CCC(NC(=O)CN2C(=O)NC3(CCCCC3)C2=O)CC1. The Kier molecular flexibility index (Phi) is 5.86. The van der Waals surface area contributed by atoms with E-state index >= 15 is 0 Å². The standard InChI is InChI=1S/C18H28N4O5/c1-2-27-17(26)21-10-6-13(7-11-21)19-14(23)12-22-15(24)18(20-16(22)25)8-4-3-5-9-18/h13H,2-12H2,1H3,(H,19,23)(H,20,25). The number of ether oxygens (including phenoxy) is 1. The fourth-order valence-electron chi connectivity index (χ4n) is 4.15. The van der Waals surface area contributed by atoms with E-state index in [2.05, 4.69) is 10.6 Å². The molecule has 3 aliphatic rings. The number of nitrogens with one attached hydrogen (secondary N) is 2. The van der Waals surface area contributed by atoms with Crippen LogP contribution in [0.5, 0.6) is 0 Å². The van der Waals surface area contributed by atoms with Crippen LogP contribution in [-0.4, -0.2) is 71.6 Å². The zero-order chi connectivity index (χ0) is 19.4. The summed E-state index contributed by atoms with van der Waals surface area (Å²) in [5, 5.41) is 5.69. The van der Waals surface area contributed by atoms with Gasteiger partial charge in [0.05, 0.1) is 6.61 Å². The Balaban J connectivity index is 1.48. The average molecular weight is 380 g/mol. The van der Waals surface area contributed by atoms with Crippen LogP contribution in [0, 0.1) is 0 Å². The van der Waals surface area contributed by atoms with Crippen LogP contribution in [0.4, 0.5) is 9.59 Å². The summed E-state index contributed by atoms with van der Waals surface area (Å²) in [5.41, 5.74) is -0.805. The highest BCUT2D eigenvalue weighted by Crippen LogP contribution is 2.33. The molecule has 5 amide bonds. The highest BCUT2D eigenvalue weighted by Gasteiger charge is 2.51. The molecule has 1 spiro atoms. The average Bonchev–Trinajstić information content (AvgIpc) is 2.87. The lowest BCUT2D eigenvalue weighted by molar-refractivity contribution is -0.136. The van der Waals surface area contributed by atoms with Gasteiger partial charge in [-0.1, -0.05) is 19.3 Å². The van der Waals surface area contributed by atoms with E-state index < -0.39 is 11.6 Å². The largest absolute Gasteiger partial charge is 0.450 e. The molecular weight excluding hydrogens is 352 g/mol. The molecule has 9 nitrogen and oxygen atoms in total. The molecule has 150 valence electrons. The van der Waals surface area contributed by atoms with E-state index in [0.717, 1.165) is 24.2 Å².